The second-order valence-corrected chi connectivity index (χ2v) is 7.01. The number of nitrogens with one attached hydrogen (secondary N) is 1. The van der Waals surface area contributed by atoms with E-state index in [-0.39, 0.29) is 5.91 Å². The van der Waals surface area contributed by atoms with E-state index in [0.717, 1.165) is 16.3 Å². The summed E-state index contributed by atoms with van der Waals surface area (Å²) < 4.78 is 5.69. The summed E-state index contributed by atoms with van der Waals surface area (Å²) >= 11 is 7.67. The lowest BCUT2D eigenvalue weighted by Crippen LogP contribution is -2.12. The first kappa shape index (κ1) is 17.5. The van der Waals surface area contributed by atoms with Crippen LogP contribution in [0.4, 0.5) is 5.69 Å². The summed E-state index contributed by atoms with van der Waals surface area (Å²) in [6.45, 7) is 4.25. The Morgan fingerprint density at radius 2 is 1.96 bits per heavy atom. The van der Waals surface area contributed by atoms with Gasteiger partial charge in [-0.1, -0.05) is 17.7 Å². The van der Waals surface area contributed by atoms with Crippen molar-refractivity contribution in [2.24, 2.45) is 0 Å². The lowest BCUT2D eigenvalue weighted by molar-refractivity contribution is 0.102. The number of rotatable bonds is 5. The number of carbonyl (C=O) groups is 1. The fourth-order valence-electron chi connectivity index (χ4n) is 2.27. The topological polar surface area (TPSA) is 51.2 Å². The van der Waals surface area contributed by atoms with Crippen LogP contribution in [0.1, 0.15) is 26.6 Å². The average molecular weight is 373 g/mol. The largest absolute Gasteiger partial charge is 0.487 e. The highest BCUT2D eigenvalue weighted by molar-refractivity contribution is 7.09. The van der Waals surface area contributed by atoms with Crippen molar-refractivity contribution in [1.82, 2.24) is 4.98 Å². The highest BCUT2D eigenvalue weighted by atomic mass is 35.5. The number of ether oxygens (including phenoxy) is 1. The molecule has 3 aromatic rings. The molecule has 1 N–H and O–H groups in total. The van der Waals surface area contributed by atoms with Gasteiger partial charge in [0.1, 0.15) is 12.4 Å². The van der Waals surface area contributed by atoms with Crippen molar-refractivity contribution < 1.29 is 9.53 Å². The van der Waals surface area contributed by atoms with Crippen molar-refractivity contribution in [2.75, 3.05) is 5.32 Å². The molecule has 1 aromatic heterocycles. The molecule has 2 aromatic carbocycles. The van der Waals surface area contributed by atoms with E-state index in [1.807, 2.05) is 31.4 Å². The first-order chi connectivity index (χ1) is 12.0. The van der Waals surface area contributed by atoms with E-state index < -0.39 is 0 Å². The number of aryl methyl sites for hydroxylation is 1. The zero-order valence-corrected chi connectivity index (χ0v) is 15.4. The molecule has 0 saturated heterocycles. The molecule has 4 nitrogen and oxygen atoms in total. The number of carbonyl (C=O) groups excluding carboxylic acids is 1. The number of benzene rings is 2. The zero-order chi connectivity index (χ0) is 17.8. The van der Waals surface area contributed by atoms with Gasteiger partial charge >= 0.3 is 0 Å². The number of nitrogens with zero attached hydrogens (tertiary/aromatic N) is 1. The van der Waals surface area contributed by atoms with Crippen LogP contribution in [0.25, 0.3) is 0 Å². The minimum Gasteiger partial charge on any atom is -0.487 e. The molecule has 0 saturated carbocycles. The number of amides is 1. The molecular weight excluding hydrogens is 356 g/mol. The number of hydrogen-bond donors (Lipinski definition) is 1. The SMILES string of the molecule is Cc1nc(COc2ccc(C(=O)Nc3cccc(Cl)c3C)cc2)cs1. The van der Waals surface area contributed by atoms with Crippen molar-refractivity contribution in [3.63, 3.8) is 0 Å². The third-order valence-electron chi connectivity index (χ3n) is 3.69. The van der Waals surface area contributed by atoms with Gasteiger partial charge in [0, 0.05) is 21.7 Å². The van der Waals surface area contributed by atoms with Gasteiger partial charge in [-0.25, -0.2) is 4.98 Å². The lowest BCUT2D eigenvalue weighted by atomic mass is 10.1. The van der Waals surface area contributed by atoms with E-state index in [1.54, 1.807) is 41.7 Å². The molecule has 0 spiro atoms. The number of thiazole rings is 1. The van der Waals surface area contributed by atoms with E-state index in [2.05, 4.69) is 10.3 Å². The molecule has 25 heavy (non-hydrogen) atoms. The van der Waals surface area contributed by atoms with Crippen molar-refractivity contribution in [3.05, 3.63) is 74.7 Å². The van der Waals surface area contributed by atoms with Gasteiger partial charge in [0.2, 0.25) is 0 Å². The van der Waals surface area contributed by atoms with Gasteiger partial charge in [-0.15, -0.1) is 11.3 Å². The molecule has 0 aliphatic rings. The Kier molecular flexibility index (Phi) is 5.36. The second-order valence-electron chi connectivity index (χ2n) is 5.54. The molecular formula is C19H17ClN2O2S. The van der Waals surface area contributed by atoms with E-state index >= 15 is 0 Å². The van der Waals surface area contributed by atoms with Crippen molar-refractivity contribution in [3.8, 4) is 5.75 Å². The molecule has 1 amide bonds. The lowest BCUT2D eigenvalue weighted by Gasteiger charge is -2.10. The Morgan fingerprint density at radius 3 is 2.64 bits per heavy atom. The van der Waals surface area contributed by atoms with Crippen molar-refractivity contribution >= 4 is 34.5 Å². The normalized spacial score (nSPS) is 10.5. The summed E-state index contributed by atoms with van der Waals surface area (Å²) in [6.07, 6.45) is 0. The van der Waals surface area contributed by atoms with Crippen LogP contribution in [0, 0.1) is 13.8 Å². The van der Waals surface area contributed by atoms with Crippen molar-refractivity contribution in [2.45, 2.75) is 20.5 Å². The quantitative estimate of drug-likeness (QED) is 0.665. The third-order valence-corrected chi connectivity index (χ3v) is 4.92. The highest BCUT2D eigenvalue weighted by Crippen LogP contribution is 2.24. The fraction of sp³-hybridized carbons (Fsp3) is 0.158. The molecule has 0 unspecified atom stereocenters. The van der Waals surface area contributed by atoms with Crippen LogP contribution < -0.4 is 10.1 Å². The van der Waals surface area contributed by atoms with Gasteiger partial charge in [-0.05, 0) is 55.8 Å². The van der Waals surface area contributed by atoms with Crippen LogP contribution in [-0.4, -0.2) is 10.9 Å². The number of aromatic nitrogens is 1. The molecule has 6 heteroatoms. The van der Waals surface area contributed by atoms with Crippen LogP contribution >= 0.6 is 22.9 Å². The van der Waals surface area contributed by atoms with Gasteiger partial charge in [0.25, 0.3) is 5.91 Å². The molecule has 0 bridgehead atoms. The Labute approximate surface area is 155 Å². The van der Waals surface area contributed by atoms with Crippen LogP contribution in [0.15, 0.2) is 47.8 Å². The monoisotopic (exact) mass is 372 g/mol. The van der Waals surface area contributed by atoms with Gasteiger partial charge < -0.3 is 10.1 Å². The summed E-state index contributed by atoms with van der Waals surface area (Å²) in [7, 11) is 0. The average Bonchev–Trinajstić information content (AvgIpc) is 3.03. The molecule has 0 atom stereocenters. The first-order valence-electron chi connectivity index (χ1n) is 7.73. The zero-order valence-electron chi connectivity index (χ0n) is 13.9. The predicted molar refractivity (Wildman–Crippen MR) is 102 cm³/mol. The summed E-state index contributed by atoms with van der Waals surface area (Å²) in [6, 6.07) is 12.4. The number of hydrogen-bond acceptors (Lipinski definition) is 4. The fourth-order valence-corrected chi connectivity index (χ4v) is 3.04. The second kappa shape index (κ2) is 7.68. The first-order valence-corrected chi connectivity index (χ1v) is 8.99. The van der Waals surface area contributed by atoms with Crippen molar-refractivity contribution in [1.29, 1.82) is 0 Å². The van der Waals surface area contributed by atoms with E-state index in [4.69, 9.17) is 16.3 Å². The Bertz CT molecular complexity index is 891. The van der Waals surface area contributed by atoms with Gasteiger partial charge in [-0.2, -0.15) is 0 Å². The number of halogens is 1. The Morgan fingerprint density at radius 1 is 1.20 bits per heavy atom. The third kappa shape index (κ3) is 4.38. The number of anilines is 1. The molecule has 3 rings (SSSR count). The molecule has 0 aliphatic heterocycles. The van der Waals surface area contributed by atoms with Gasteiger partial charge in [-0.3, -0.25) is 4.79 Å². The van der Waals surface area contributed by atoms with Gasteiger partial charge in [0.05, 0.1) is 10.7 Å². The van der Waals surface area contributed by atoms with Crippen LogP contribution in [0.3, 0.4) is 0 Å². The predicted octanol–water partition coefficient (Wildman–Crippen LogP) is 5.24. The van der Waals surface area contributed by atoms with Crippen LogP contribution in [0.2, 0.25) is 5.02 Å². The van der Waals surface area contributed by atoms with E-state index in [9.17, 15) is 4.79 Å². The molecule has 128 valence electrons. The highest BCUT2D eigenvalue weighted by Gasteiger charge is 2.09. The minimum absolute atomic E-state index is 0.188. The maximum atomic E-state index is 12.4. The minimum atomic E-state index is -0.188. The molecule has 0 radical (unpaired) electrons. The molecule has 0 aliphatic carbocycles. The maximum absolute atomic E-state index is 12.4. The summed E-state index contributed by atoms with van der Waals surface area (Å²) in [4.78, 5) is 16.7. The van der Waals surface area contributed by atoms with Crippen LogP contribution in [0.5, 0.6) is 5.75 Å². The standard InChI is InChI=1S/C19H17ClN2O2S/c1-12-17(20)4-3-5-18(12)22-19(23)14-6-8-16(9-7-14)24-10-15-11-25-13(2)21-15/h3-9,11H,10H2,1-2H3,(H,22,23). The summed E-state index contributed by atoms with van der Waals surface area (Å²) in [5.41, 5.74) is 3.00. The maximum Gasteiger partial charge on any atom is 0.255 e. The summed E-state index contributed by atoms with van der Waals surface area (Å²) in [5.74, 6) is 0.508. The summed E-state index contributed by atoms with van der Waals surface area (Å²) in [5, 5.41) is 6.49. The smallest absolute Gasteiger partial charge is 0.255 e. The molecule has 1 heterocycles. The Balaban J connectivity index is 1.63. The van der Waals surface area contributed by atoms with E-state index in [0.29, 0.717) is 28.6 Å². The van der Waals surface area contributed by atoms with Crippen LogP contribution in [-0.2, 0) is 6.61 Å². The van der Waals surface area contributed by atoms with Gasteiger partial charge in [0.15, 0.2) is 0 Å². The van der Waals surface area contributed by atoms with E-state index in [1.165, 1.54) is 0 Å². The molecule has 0 fully saturated rings. The Hall–Kier alpha value is -2.37.